The Bertz CT molecular complexity index is 2510. The van der Waals surface area contributed by atoms with Crippen molar-refractivity contribution in [2.75, 3.05) is 56.0 Å². The van der Waals surface area contributed by atoms with E-state index in [-0.39, 0.29) is 30.4 Å². The molecule has 312 valence electrons. The maximum absolute atomic E-state index is 15.1. The fraction of sp³-hybridized carbons (Fsp3) is 0.455. The van der Waals surface area contributed by atoms with Gasteiger partial charge in [-0.05, 0) is 94.3 Å². The van der Waals surface area contributed by atoms with Crippen molar-refractivity contribution in [3.8, 4) is 6.07 Å². The highest BCUT2D eigenvalue weighted by atomic mass is 19.1. The number of halogens is 2. The van der Waals surface area contributed by atoms with Crippen LogP contribution in [0.2, 0.25) is 0 Å². The Morgan fingerprint density at radius 1 is 0.983 bits per heavy atom. The van der Waals surface area contributed by atoms with E-state index in [4.69, 9.17) is 5.10 Å². The summed E-state index contributed by atoms with van der Waals surface area (Å²) in [6, 6.07) is 14.0. The summed E-state index contributed by atoms with van der Waals surface area (Å²) in [6.07, 6.45) is 7.82. The molecule has 3 amide bonds. The average Bonchev–Trinajstić information content (AvgIpc) is 3.82. The molecule has 14 nitrogen and oxygen atoms in total. The number of hydrogen-bond acceptors (Lipinski definition) is 10. The molecule has 3 aliphatic heterocycles. The molecule has 1 aliphatic carbocycles. The molecule has 5 aromatic rings. The third-order valence-electron chi connectivity index (χ3n) is 12.9. The van der Waals surface area contributed by atoms with Crippen LogP contribution in [-0.2, 0) is 15.2 Å². The molecule has 1 atom stereocenters. The van der Waals surface area contributed by atoms with Crippen LogP contribution in [0.25, 0.3) is 16.4 Å². The summed E-state index contributed by atoms with van der Waals surface area (Å²) in [4.78, 5) is 44.3. The van der Waals surface area contributed by atoms with Crippen LogP contribution in [0.1, 0.15) is 91.5 Å². The van der Waals surface area contributed by atoms with Gasteiger partial charge < -0.3 is 20.2 Å². The predicted octanol–water partition coefficient (Wildman–Crippen LogP) is 5.07. The van der Waals surface area contributed by atoms with E-state index in [1.807, 2.05) is 27.9 Å². The lowest BCUT2D eigenvalue weighted by atomic mass is 9.85. The van der Waals surface area contributed by atoms with Gasteiger partial charge in [0, 0.05) is 92.4 Å². The first-order chi connectivity index (χ1) is 28.8. The minimum atomic E-state index is -1.25. The molecule has 0 spiro atoms. The molecule has 0 radical (unpaired) electrons. The molecule has 3 N–H and O–H groups in total. The second-order valence-corrected chi connectivity index (χ2v) is 17.4. The zero-order chi connectivity index (χ0) is 41.9. The third-order valence-corrected chi connectivity index (χ3v) is 12.9. The Morgan fingerprint density at radius 3 is 2.40 bits per heavy atom. The van der Waals surface area contributed by atoms with Crippen LogP contribution in [0.4, 0.5) is 20.2 Å². The topological polar surface area (TPSA) is 164 Å². The summed E-state index contributed by atoms with van der Waals surface area (Å²) < 4.78 is 33.8. The number of fused-ring (bicyclic) bond motifs is 2. The van der Waals surface area contributed by atoms with Crippen LogP contribution in [0, 0.1) is 28.9 Å². The Kier molecular flexibility index (Phi) is 10.4. The Hall–Kier alpha value is -5.76. The smallest absolute Gasteiger partial charge is 0.274 e. The van der Waals surface area contributed by atoms with Gasteiger partial charge in [0.15, 0.2) is 0 Å². The monoisotopic (exact) mass is 818 g/mol. The second kappa shape index (κ2) is 15.7. The number of rotatable bonds is 9. The van der Waals surface area contributed by atoms with Crippen molar-refractivity contribution in [2.24, 2.45) is 5.92 Å². The maximum atomic E-state index is 15.1. The summed E-state index contributed by atoms with van der Waals surface area (Å²) in [5, 5.41) is 35.6. The van der Waals surface area contributed by atoms with Crippen molar-refractivity contribution in [3.05, 3.63) is 88.9 Å². The number of nitriles is 1. The quantitative estimate of drug-likeness (QED) is 0.171. The molecule has 60 heavy (non-hydrogen) atoms. The van der Waals surface area contributed by atoms with Crippen LogP contribution >= 0.6 is 0 Å². The molecular weight excluding hydrogens is 771 g/mol. The fourth-order valence-corrected chi connectivity index (χ4v) is 9.53. The second-order valence-electron chi connectivity index (χ2n) is 17.4. The van der Waals surface area contributed by atoms with Crippen molar-refractivity contribution in [3.63, 3.8) is 0 Å². The number of piperidine rings is 1. The Labute approximate surface area is 345 Å². The van der Waals surface area contributed by atoms with Crippen molar-refractivity contribution < 1.29 is 28.3 Å². The molecule has 6 heterocycles. The van der Waals surface area contributed by atoms with Gasteiger partial charge in [-0.25, -0.2) is 13.3 Å². The summed E-state index contributed by atoms with van der Waals surface area (Å²) in [7, 11) is 0. The van der Waals surface area contributed by atoms with Gasteiger partial charge in [-0.1, -0.05) is 0 Å². The molecule has 2 aromatic carbocycles. The van der Waals surface area contributed by atoms with Crippen LogP contribution < -0.4 is 15.5 Å². The number of nitrogens with one attached hydrogen (secondary N) is 2. The molecule has 0 unspecified atom stereocenters. The summed E-state index contributed by atoms with van der Waals surface area (Å²) in [6.45, 7) is 9.65. The van der Waals surface area contributed by atoms with Crippen LogP contribution in [-0.4, -0.2) is 104 Å². The normalized spacial score (nSPS) is 22.2. The number of aromatic nitrogens is 4. The zero-order valence-electron chi connectivity index (χ0n) is 33.7. The lowest BCUT2D eigenvalue weighted by Crippen LogP contribution is -2.63. The molecule has 4 fully saturated rings. The predicted molar refractivity (Wildman–Crippen MR) is 219 cm³/mol. The minimum absolute atomic E-state index is 0.0599. The van der Waals surface area contributed by atoms with E-state index in [0.717, 1.165) is 69.3 Å². The summed E-state index contributed by atoms with van der Waals surface area (Å²) in [5.74, 6) is -3.37. The van der Waals surface area contributed by atoms with Crippen LogP contribution in [0.15, 0.2) is 54.9 Å². The van der Waals surface area contributed by atoms with E-state index in [2.05, 4.69) is 31.6 Å². The van der Waals surface area contributed by atoms with Crippen molar-refractivity contribution in [1.29, 1.82) is 5.26 Å². The number of aliphatic hydroxyl groups is 1. The van der Waals surface area contributed by atoms with Gasteiger partial charge in [0.05, 0.1) is 40.4 Å². The molecule has 4 aliphatic rings. The highest BCUT2D eigenvalue weighted by Crippen LogP contribution is 2.37. The first-order valence-corrected chi connectivity index (χ1v) is 20.8. The number of amides is 3. The average molecular weight is 819 g/mol. The van der Waals surface area contributed by atoms with E-state index in [9.17, 15) is 24.8 Å². The molecular formula is C44H48F2N10O4. The third kappa shape index (κ3) is 7.73. The number of carbonyl (C=O) groups excluding carboxylic acids is 3. The molecule has 9 rings (SSSR count). The van der Waals surface area contributed by atoms with Crippen LogP contribution in [0.5, 0.6) is 0 Å². The number of imide groups is 1. The van der Waals surface area contributed by atoms with Gasteiger partial charge in [-0.2, -0.15) is 15.5 Å². The van der Waals surface area contributed by atoms with E-state index in [1.54, 1.807) is 32.0 Å². The molecule has 16 heteroatoms. The maximum Gasteiger partial charge on any atom is 0.274 e. The number of carbonyl (C=O) groups is 3. The first kappa shape index (κ1) is 39.7. The molecule has 0 bridgehead atoms. The Morgan fingerprint density at radius 2 is 1.72 bits per heavy atom. The largest absolute Gasteiger partial charge is 0.386 e. The summed E-state index contributed by atoms with van der Waals surface area (Å²) >= 11 is 0. The number of piperazine rings is 1. The summed E-state index contributed by atoms with van der Waals surface area (Å²) in [5.41, 5.74) is 2.09. The highest BCUT2D eigenvalue weighted by Gasteiger charge is 2.37. The number of benzene rings is 2. The standard InChI is InChI=1S/C44H48F2N10O4/c1-44(2,60)34-19-37-28(16-38(34)49-43(59)39-9-7-30-15-27(20-47)21-48-56(30)39)23-55(51-37)29-5-3-26(4-6-29)22-52-11-13-53(14-12-52)32-24-54(25-32)31-17-35(45)41(36(46)18-31)33-8-10-40(57)50-42(33)58/h7,9,15-19,21,23,26,29,32-33,60H,3-6,8,10-14,22,24-25H2,1-2H3,(H,49,59)(H,50,57,58)/t26?,29?,33-/m1/s1. The van der Waals surface area contributed by atoms with Gasteiger partial charge in [-0.3, -0.25) is 29.3 Å². The molecule has 3 aromatic heterocycles. The molecule has 1 saturated carbocycles. The molecule has 3 saturated heterocycles. The highest BCUT2D eigenvalue weighted by molar-refractivity contribution is 6.05. The fourth-order valence-electron chi connectivity index (χ4n) is 9.53. The Balaban J connectivity index is 0.764. The van der Waals surface area contributed by atoms with Gasteiger partial charge >= 0.3 is 0 Å². The lowest BCUT2D eigenvalue weighted by Gasteiger charge is -2.49. The number of anilines is 2. The number of nitrogens with zero attached hydrogens (tertiary/aromatic N) is 8. The van der Waals surface area contributed by atoms with E-state index < -0.39 is 35.0 Å². The van der Waals surface area contributed by atoms with Gasteiger partial charge in [0.1, 0.15) is 23.4 Å². The van der Waals surface area contributed by atoms with Gasteiger partial charge in [0.25, 0.3) is 5.91 Å². The van der Waals surface area contributed by atoms with E-state index >= 15 is 8.78 Å². The van der Waals surface area contributed by atoms with E-state index in [0.29, 0.717) is 58.8 Å². The van der Waals surface area contributed by atoms with Crippen molar-refractivity contribution in [1.82, 2.24) is 34.5 Å². The first-order valence-electron chi connectivity index (χ1n) is 20.8. The zero-order valence-corrected chi connectivity index (χ0v) is 33.7. The lowest BCUT2D eigenvalue weighted by molar-refractivity contribution is -0.134. The van der Waals surface area contributed by atoms with Crippen molar-refractivity contribution >= 4 is 45.5 Å². The van der Waals surface area contributed by atoms with Gasteiger partial charge in [-0.15, -0.1) is 0 Å². The van der Waals surface area contributed by atoms with Crippen LogP contribution in [0.3, 0.4) is 0 Å². The SMILES string of the molecule is CC(C)(O)c1cc2nn(C3CCC(CN4CCN(C5CN(c6cc(F)c([C@H]7CCC(=O)NC7=O)c(F)c6)C5)CC4)CC3)cc2cc1NC(=O)c1ccc2cc(C#N)cnn12. The van der Waals surface area contributed by atoms with Gasteiger partial charge in [0.2, 0.25) is 11.8 Å². The van der Waals surface area contributed by atoms with E-state index in [1.165, 1.54) is 22.8 Å². The van der Waals surface area contributed by atoms with Crippen molar-refractivity contribution in [2.45, 2.75) is 76.0 Å². The number of hydrogen-bond donors (Lipinski definition) is 3. The minimum Gasteiger partial charge on any atom is -0.386 e.